The van der Waals surface area contributed by atoms with Crippen LogP contribution < -0.4 is 4.90 Å². The number of imidazole rings is 1. The summed E-state index contributed by atoms with van der Waals surface area (Å²) in [5, 5.41) is 0. The molecule has 7 heteroatoms. The van der Waals surface area contributed by atoms with Gasteiger partial charge < -0.3 is 19.1 Å². The van der Waals surface area contributed by atoms with Crippen LogP contribution in [-0.2, 0) is 11.3 Å². The predicted octanol–water partition coefficient (Wildman–Crippen LogP) is 4.67. The third kappa shape index (κ3) is 4.65. The second-order valence-electron chi connectivity index (χ2n) is 9.08. The molecule has 0 spiro atoms. The van der Waals surface area contributed by atoms with Crippen molar-refractivity contribution < 1.29 is 13.9 Å². The highest BCUT2D eigenvalue weighted by Gasteiger charge is 2.32. The number of anilines is 1. The van der Waals surface area contributed by atoms with Crippen molar-refractivity contribution in [2.45, 2.75) is 45.9 Å². The maximum Gasteiger partial charge on any atom is 0.410 e. The molecule has 1 fully saturated rings. The predicted molar refractivity (Wildman–Crippen MR) is 120 cm³/mol. The fraction of sp³-hybridized carbons (Fsp3) is 0.417. The topological polar surface area (TPSA) is 50.6 Å². The number of piperazine rings is 1. The minimum atomic E-state index is -0.513. The fourth-order valence-corrected chi connectivity index (χ4v) is 3.96. The molecule has 1 amide bonds. The summed E-state index contributed by atoms with van der Waals surface area (Å²) in [4.78, 5) is 21.4. The molecule has 0 saturated carbocycles. The molecule has 2 aromatic carbocycles. The van der Waals surface area contributed by atoms with E-state index in [-0.39, 0.29) is 18.0 Å². The standard InChI is InChI=1S/C24H29FN4O2/c1-17-15-27(23(30)31-24(2,3)4)13-14-28(17)22-26-20-7-5-6-8-21(20)29(22)16-18-9-11-19(25)12-10-18/h5-12,17H,13-16H2,1-4H3/t17-/m0/s1. The molecule has 1 saturated heterocycles. The van der Waals surface area contributed by atoms with Crippen LogP contribution in [0.2, 0.25) is 0 Å². The maximum atomic E-state index is 13.4. The minimum Gasteiger partial charge on any atom is -0.444 e. The maximum absolute atomic E-state index is 13.4. The highest BCUT2D eigenvalue weighted by molar-refractivity contribution is 5.79. The first-order valence-corrected chi connectivity index (χ1v) is 10.7. The van der Waals surface area contributed by atoms with Crippen molar-refractivity contribution in [2.75, 3.05) is 24.5 Å². The van der Waals surface area contributed by atoms with Crippen molar-refractivity contribution in [3.8, 4) is 0 Å². The van der Waals surface area contributed by atoms with E-state index in [1.165, 1.54) is 12.1 Å². The molecule has 1 aromatic heterocycles. The van der Waals surface area contributed by atoms with E-state index in [0.29, 0.717) is 26.2 Å². The van der Waals surface area contributed by atoms with Gasteiger partial charge in [0.2, 0.25) is 5.95 Å². The Balaban J connectivity index is 1.61. The smallest absolute Gasteiger partial charge is 0.410 e. The summed E-state index contributed by atoms with van der Waals surface area (Å²) < 4.78 is 21.1. The van der Waals surface area contributed by atoms with Crippen molar-refractivity contribution in [2.24, 2.45) is 0 Å². The number of fused-ring (bicyclic) bond motifs is 1. The minimum absolute atomic E-state index is 0.0741. The van der Waals surface area contributed by atoms with Crippen molar-refractivity contribution in [1.29, 1.82) is 0 Å². The molecule has 1 atom stereocenters. The van der Waals surface area contributed by atoms with Crippen molar-refractivity contribution >= 4 is 23.1 Å². The summed E-state index contributed by atoms with van der Waals surface area (Å²) in [6.45, 7) is 10.1. The molecule has 1 aliphatic heterocycles. The zero-order valence-electron chi connectivity index (χ0n) is 18.5. The van der Waals surface area contributed by atoms with E-state index in [1.54, 1.807) is 17.0 Å². The van der Waals surface area contributed by atoms with E-state index in [1.807, 2.05) is 39.0 Å². The largest absolute Gasteiger partial charge is 0.444 e. The van der Waals surface area contributed by atoms with Gasteiger partial charge in [-0.2, -0.15) is 0 Å². The third-order valence-corrected chi connectivity index (χ3v) is 5.42. The summed E-state index contributed by atoms with van der Waals surface area (Å²) in [6, 6.07) is 14.7. The van der Waals surface area contributed by atoms with E-state index in [0.717, 1.165) is 22.5 Å². The molecule has 31 heavy (non-hydrogen) atoms. The van der Waals surface area contributed by atoms with Gasteiger partial charge in [-0.15, -0.1) is 0 Å². The lowest BCUT2D eigenvalue weighted by Gasteiger charge is -2.40. The second-order valence-corrected chi connectivity index (χ2v) is 9.08. The highest BCUT2D eigenvalue weighted by atomic mass is 19.1. The Bertz CT molecular complexity index is 1070. The molecule has 2 heterocycles. The molecule has 1 aliphatic rings. The van der Waals surface area contributed by atoms with Crippen LogP contribution in [0.5, 0.6) is 0 Å². The van der Waals surface area contributed by atoms with E-state index < -0.39 is 5.60 Å². The lowest BCUT2D eigenvalue weighted by Crippen LogP contribution is -2.55. The molecule has 0 N–H and O–H groups in total. The molecular weight excluding hydrogens is 395 g/mol. The second kappa shape index (κ2) is 8.21. The van der Waals surface area contributed by atoms with Crippen LogP contribution in [0.15, 0.2) is 48.5 Å². The van der Waals surface area contributed by atoms with Gasteiger partial charge >= 0.3 is 6.09 Å². The average Bonchev–Trinajstić information content (AvgIpc) is 3.06. The number of carbonyl (C=O) groups is 1. The van der Waals surface area contributed by atoms with Gasteiger partial charge in [0.1, 0.15) is 11.4 Å². The third-order valence-electron chi connectivity index (χ3n) is 5.42. The number of halogens is 1. The zero-order chi connectivity index (χ0) is 22.2. The molecular formula is C24H29FN4O2. The lowest BCUT2D eigenvalue weighted by atomic mass is 10.2. The quantitative estimate of drug-likeness (QED) is 0.613. The van der Waals surface area contributed by atoms with Crippen LogP contribution in [0.3, 0.4) is 0 Å². The number of rotatable bonds is 3. The Kier molecular flexibility index (Phi) is 5.60. The van der Waals surface area contributed by atoms with Gasteiger partial charge in [-0.1, -0.05) is 24.3 Å². The number of ether oxygens (including phenoxy) is 1. The number of hydrogen-bond donors (Lipinski definition) is 0. The van der Waals surface area contributed by atoms with Gasteiger partial charge in [0.25, 0.3) is 0 Å². The zero-order valence-corrected chi connectivity index (χ0v) is 18.5. The van der Waals surface area contributed by atoms with Crippen LogP contribution in [0.4, 0.5) is 15.1 Å². The van der Waals surface area contributed by atoms with Gasteiger partial charge in [-0.25, -0.2) is 14.2 Å². The number of aromatic nitrogens is 2. The summed E-state index contributed by atoms with van der Waals surface area (Å²) >= 11 is 0. The molecule has 0 bridgehead atoms. The number of para-hydroxylation sites is 2. The molecule has 0 unspecified atom stereocenters. The Hall–Kier alpha value is -3.09. The molecule has 3 aromatic rings. The Labute approximate surface area is 182 Å². The normalized spacial score (nSPS) is 17.3. The summed E-state index contributed by atoms with van der Waals surface area (Å²) in [7, 11) is 0. The molecule has 0 aliphatic carbocycles. The Morgan fingerprint density at radius 2 is 1.84 bits per heavy atom. The van der Waals surface area contributed by atoms with E-state index >= 15 is 0 Å². The van der Waals surface area contributed by atoms with Gasteiger partial charge in [-0.3, -0.25) is 0 Å². The highest BCUT2D eigenvalue weighted by Crippen LogP contribution is 2.27. The Morgan fingerprint density at radius 1 is 1.13 bits per heavy atom. The number of carbonyl (C=O) groups excluding carboxylic acids is 1. The van der Waals surface area contributed by atoms with Crippen molar-refractivity contribution in [3.63, 3.8) is 0 Å². The van der Waals surface area contributed by atoms with Crippen LogP contribution in [0, 0.1) is 5.82 Å². The van der Waals surface area contributed by atoms with Crippen molar-refractivity contribution in [3.05, 3.63) is 59.9 Å². The average molecular weight is 425 g/mol. The number of hydrogen-bond acceptors (Lipinski definition) is 4. The van der Waals surface area contributed by atoms with Crippen molar-refractivity contribution in [1.82, 2.24) is 14.5 Å². The van der Waals surface area contributed by atoms with Gasteiger partial charge in [0, 0.05) is 25.7 Å². The number of nitrogens with zero attached hydrogens (tertiary/aromatic N) is 4. The molecule has 0 radical (unpaired) electrons. The fourth-order valence-electron chi connectivity index (χ4n) is 3.96. The lowest BCUT2D eigenvalue weighted by molar-refractivity contribution is 0.0218. The Morgan fingerprint density at radius 3 is 2.52 bits per heavy atom. The summed E-state index contributed by atoms with van der Waals surface area (Å²) in [5.74, 6) is 0.619. The number of benzene rings is 2. The van der Waals surface area contributed by atoms with Gasteiger partial charge in [0.15, 0.2) is 0 Å². The van der Waals surface area contributed by atoms with Crippen LogP contribution in [0.1, 0.15) is 33.3 Å². The number of amides is 1. The first-order valence-electron chi connectivity index (χ1n) is 10.7. The molecule has 164 valence electrons. The monoisotopic (exact) mass is 424 g/mol. The van der Waals surface area contributed by atoms with Gasteiger partial charge in [-0.05, 0) is 57.5 Å². The molecule has 4 rings (SSSR count). The van der Waals surface area contributed by atoms with E-state index in [2.05, 4.69) is 22.5 Å². The van der Waals surface area contributed by atoms with Crippen LogP contribution in [-0.4, -0.2) is 51.8 Å². The SMILES string of the molecule is C[C@H]1CN(C(=O)OC(C)(C)C)CCN1c1nc2ccccc2n1Cc1ccc(F)cc1. The van der Waals surface area contributed by atoms with E-state index in [9.17, 15) is 9.18 Å². The summed E-state index contributed by atoms with van der Waals surface area (Å²) in [6.07, 6.45) is -0.279. The molecule has 6 nitrogen and oxygen atoms in total. The van der Waals surface area contributed by atoms with E-state index in [4.69, 9.17) is 9.72 Å². The van der Waals surface area contributed by atoms with Gasteiger partial charge in [0.05, 0.1) is 17.6 Å². The first kappa shape index (κ1) is 21.2. The summed E-state index contributed by atoms with van der Waals surface area (Å²) in [5.41, 5.74) is 2.44. The first-order chi connectivity index (χ1) is 14.7. The van der Waals surface area contributed by atoms with Crippen LogP contribution in [0.25, 0.3) is 11.0 Å². The van der Waals surface area contributed by atoms with Crippen LogP contribution >= 0.6 is 0 Å².